The number of ether oxygens (including phenoxy) is 4. The predicted octanol–water partition coefficient (Wildman–Crippen LogP) is -5.27. The Bertz CT molecular complexity index is 577. The Kier molecular flexibility index (Phi) is 8.59. The third kappa shape index (κ3) is 5.35. The Balaban J connectivity index is 1.69. The number of hydrogen-bond acceptors (Lipinski definition) is 13. The van der Waals surface area contributed by atoms with Gasteiger partial charge in [0.1, 0.15) is 36.6 Å². The molecule has 13 atom stereocenters. The van der Waals surface area contributed by atoms with Crippen molar-refractivity contribution in [2.75, 3.05) is 13.2 Å². The van der Waals surface area contributed by atoms with E-state index in [9.17, 15) is 20.4 Å². The maximum Gasteiger partial charge on any atom is 0.186 e. The lowest BCUT2D eigenvalue weighted by atomic mass is 9.84. The van der Waals surface area contributed by atoms with Gasteiger partial charge in [0.2, 0.25) is 0 Å². The third-order valence-electron chi connectivity index (χ3n) is 6.34. The van der Waals surface area contributed by atoms with Crippen molar-refractivity contribution >= 4 is 0 Å². The first kappa shape index (κ1) is 25.1. The van der Waals surface area contributed by atoms with E-state index < -0.39 is 80.0 Å². The lowest BCUT2D eigenvalue weighted by Crippen LogP contribution is -2.68. The van der Waals surface area contributed by atoms with Crippen LogP contribution in [0.25, 0.3) is 0 Å². The van der Waals surface area contributed by atoms with Crippen LogP contribution in [0.2, 0.25) is 0 Å². The Labute approximate surface area is 180 Å². The number of aliphatic hydroxyl groups excluding tert-OH is 4. The van der Waals surface area contributed by atoms with Crippen LogP contribution in [0.4, 0.5) is 0 Å². The lowest BCUT2D eigenvalue weighted by Gasteiger charge is -2.47. The van der Waals surface area contributed by atoms with Crippen molar-refractivity contribution in [1.29, 1.82) is 0 Å². The van der Waals surface area contributed by atoms with Crippen LogP contribution in [0.1, 0.15) is 19.3 Å². The van der Waals surface area contributed by atoms with Crippen LogP contribution in [-0.4, -0.2) is 113 Å². The molecule has 13 nitrogen and oxygen atoms in total. The van der Waals surface area contributed by atoms with Gasteiger partial charge >= 0.3 is 0 Å². The van der Waals surface area contributed by atoms with Gasteiger partial charge in [0.05, 0.1) is 24.8 Å². The van der Waals surface area contributed by atoms with E-state index in [4.69, 9.17) is 47.6 Å². The number of nitrogens with two attached hydrogens (primary N) is 5. The molecule has 14 N–H and O–H groups in total. The molecule has 0 unspecified atom stereocenters. The van der Waals surface area contributed by atoms with Crippen molar-refractivity contribution in [3.05, 3.63) is 0 Å². The summed E-state index contributed by atoms with van der Waals surface area (Å²) in [5, 5.41) is 40.7. The summed E-state index contributed by atoms with van der Waals surface area (Å²) in [5.74, 6) is 0. The summed E-state index contributed by atoms with van der Waals surface area (Å²) in [4.78, 5) is 0. The Hall–Kier alpha value is -0.520. The second kappa shape index (κ2) is 10.6. The lowest BCUT2D eigenvalue weighted by molar-refractivity contribution is -0.313. The number of rotatable bonds is 6. The zero-order valence-corrected chi connectivity index (χ0v) is 17.3. The summed E-state index contributed by atoms with van der Waals surface area (Å²) in [7, 11) is 0. The molecule has 0 bridgehead atoms. The Morgan fingerprint density at radius 1 is 0.774 bits per heavy atom. The number of aliphatic hydroxyl groups is 4. The molecule has 1 aliphatic carbocycles. The molecule has 31 heavy (non-hydrogen) atoms. The van der Waals surface area contributed by atoms with Gasteiger partial charge in [-0.05, 0) is 19.3 Å². The summed E-state index contributed by atoms with van der Waals surface area (Å²) in [5.41, 5.74) is 30.0. The molecule has 182 valence electrons. The summed E-state index contributed by atoms with van der Waals surface area (Å²) >= 11 is 0. The molecule has 3 aliphatic rings. The van der Waals surface area contributed by atoms with Gasteiger partial charge in [-0.3, -0.25) is 0 Å². The van der Waals surface area contributed by atoms with Crippen molar-refractivity contribution in [1.82, 2.24) is 0 Å². The molecule has 0 amide bonds. The van der Waals surface area contributed by atoms with E-state index in [-0.39, 0.29) is 12.5 Å². The molecule has 3 fully saturated rings. The van der Waals surface area contributed by atoms with Crippen LogP contribution in [-0.2, 0) is 18.9 Å². The minimum Gasteiger partial charge on any atom is -0.394 e. The molecule has 1 saturated carbocycles. The highest BCUT2D eigenvalue weighted by Crippen LogP contribution is 2.30. The van der Waals surface area contributed by atoms with E-state index in [1.807, 2.05) is 0 Å². The average Bonchev–Trinajstić information content (AvgIpc) is 2.75. The molecule has 13 heteroatoms. The van der Waals surface area contributed by atoms with E-state index >= 15 is 0 Å². The predicted molar refractivity (Wildman–Crippen MR) is 107 cm³/mol. The largest absolute Gasteiger partial charge is 0.394 e. The topological polar surface area (TPSA) is 248 Å². The van der Waals surface area contributed by atoms with Crippen LogP contribution < -0.4 is 28.7 Å². The highest BCUT2D eigenvalue weighted by atomic mass is 16.7. The van der Waals surface area contributed by atoms with Gasteiger partial charge in [0.15, 0.2) is 12.6 Å². The zero-order valence-electron chi connectivity index (χ0n) is 17.3. The van der Waals surface area contributed by atoms with Gasteiger partial charge < -0.3 is 68.0 Å². The van der Waals surface area contributed by atoms with Gasteiger partial charge in [0, 0.05) is 18.6 Å². The first-order valence-corrected chi connectivity index (χ1v) is 10.7. The molecule has 2 saturated heterocycles. The van der Waals surface area contributed by atoms with Crippen molar-refractivity contribution in [3.63, 3.8) is 0 Å². The second-order valence-electron chi connectivity index (χ2n) is 8.64. The van der Waals surface area contributed by atoms with E-state index in [1.165, 1.54) is 0 Å². The van der Waals surface area contributed by atoms with E-state index in [1.54, 1.807) is 0 Å². The minimum atomic E-state index is -1.41. The van der Waals surface area contributed by atoms with Crippen molar-refractivity contribution in [3.8, 4) is 0 Å². The monoisotopic (exact) mass is 451 g/mol. The first-order chi connectivity index (χ1) is 14.7. The van der Waals surface area contributed by atoms with Crippen LogP contribution in [0.3, 0.4) is 0 Å². The Morgan fingerprint density at radius 2 is 1.39 bits per heavy atom. The molecule has 2 heterocycles. The van der Waals surface area contributed by atoms with Crippen molar-refractivity contribution in [2.24, 2.45) is 28.7 Å². The standard InChI is InChI=1S/C18H37N5O8/c19-4-6-1-2-7(20)17(28-6)30-15-8(21)3-9(22)16(14(15)27)31-18-13(26)11(23)12(25)10(5-24)29-18/h6-18,24-27H,1-5,19-23H2/t6-,7-,8-,9+,10+,11-,12-,13+,14-,15+,16-,17+,18+/m0/s1. The summed E-state index contributed by atoms with van der Waals surface area (Å²) in [6.07, 6.45) is -7.72. The van der Waals surface area contributed by atoms with Crippen molar-refractivity contribution in [2.45, 2.75) is 98.7 Å². The molecule has 3 rings (SSSR count). The van der Waals surface area contributed by atoms with Crippen LogP contribution in [0.15, 0.2) is 0 Å². The molecule has 0 aromatic carbocycles. The first-order valence-electron chi connectivity index (χ1n) is 10.7. The van der Waals surface area contributed by atoms with Gasteiger partial charge in [-0.2, -0.15) is 0 Å². The second-order valence-corrected chi connectivity index (χ2v) is 8.64. The normalized spacial score (nSPS) is 51.6. The number of hydrogen-bond donors (Lipinski definition) is 9. The minimum absolute atomic E-state index is 0.204. The van der Waals surface area contributed by atoms with Crippen molar-refractivity contribution < 1.29 is 39.4 Å². The summed E-state index contributed by atoms with van der Waals surface area (Å²) in [6, 6.07) is -2.85. The molecule has 0 spiro atoms. The third-order valence-corrected chi connectivity index (χ3v) is 6.34. The quantitative estimate of drug-likeness (QED) is 0.183. The molecule has 2 aliphatic heterocycles. The van der Waals surface area contributed by atoms with Gasteiger partial charge in [-0.25, -0.2) is 0 Å². The van der Waals surface area contributed by atoms with Gasteiger partial charge in [-0.1, -0.05) is 0 Å². The smallest absolute Gasteiger partial charge is 0.186 e. The molecule has 0 aromatic rings. The average molecular weight is 452 g/mol. The maximum atomic E-state index is 11.0. The molecule has 0 radical (unpaired) electrons. The van der Waals surface area contributed by atoms with E-state index in [0.29, 0.717) is 19.4 Å². The van der Waals surface area contributed by atoms with Crippen LogP contribution in [0, 0.1) is 0 Å². The van der Waals surface area contributed by atoms with Gasteiger partial charge in [-0.15, -0.1) is 0 Å². The zero-order chi connectivity index (χ0) is 22.9. The van der Waals surface area contributed by atoms with E-state index in [0.717, 1.165) is 0 Å². The van der Waals surface area contributed by atoms with Crippen LogP contribution >= 0.6 is 0 Å². The van der Waals surface area contributed by atoms with Crippen LogP contribution in [0.5, 0.6) is 0 Å². The SMILES string of the molecule is NC[C@@H]1CC[C@H](N)[C@@H](O[C@H]2[C@H](O)[C@@H](O[C@H]3O[C@H](CO)[C@H](O)[C@H](N)[C@H]3O)[C@H](N)C[C@@H]2N)O1. The molecule has 0 aromatic heterocycles. The fourth-order valence-corrected chi connectivity index (χ4v) is 4.36. The fourth-order valence-electron chi connectivity index (χ4n) is 4.36. The fraction of sp³-hybridized carbons (Fsp3) is 1.00. The Morgan fingerprint density at radius 3 is 1.97 bits per heavy atom. The maximum absolute atomic E-state index is 11.0. The summed E-state index contributed by atoms with van der Waals surface area (Å²) < 4.78 is 23.0. The summed E-state index contributed by atoms with van der Waals surface area (Å²) in [6.45, 7) is -0.214. The molecular weight excluding hydrogens is 414 g/mol. The highest BCUT2D eigenvalue weighted by molar-refractivity contribution is 5.00. The molecular formula is C18H37N5O8. The van der Waals surface area contributed by atoms with Gasteiger partial charge in [0.25, 0.3) is 0 Å². The highest BCUT2D eigenvalue weighted by Gasteiger charge is 2.49. The van der Waals surface area contributed by atoms with E-state index in [2.05, 4.69) is 0 Å².